The lowest BCUT2D eigenvalue weighted by atomic mass is 9.86. The van der Waals surface area contributed by atoms with E-state index in [1.165, 1.54) is 38.5 Å². The number of fused-ring (bicyclic) bond motifs is 2. The maximum Gasteiger partial charge on any atom is 0.194 e. The Morgan fingerprint density at radius 2 is 2.04 bits per heavy atom. The van der Waals surface area contributed by atoms with Crippen molar-refractivity contribution in [2.24, 2.45) is 22.7 Å². The SMILES string of the molecule is CCNC(=NCCC1CC2CCC1C2)N1CCOC(C2CCCO2)C1. The van der Waals surface area contributed by atoms with Crippen LogP contribution in [0.25, 0.3) is 0 Å². The zero-order valence-corrected chi connectivity index (χ0v) is 15.8. The third kappa shape index (κ3) is 4.13. The van der Waals surface area contributed by atoms with Crippen molar-refractivity contribution in [2.45, 2.75) is 64.1 Å². The van der Waals surface area contributed by atoms with Crippen LogP contribution in [0.15, 0.2) is 4.99 Å². The molecule has 0 amide bonds. The fourth-order valence-electron chi connectivity index (χ4n) is 5.48. The van der Waals surface area contributed by atoms with E-state index in [1.807, 2.05) is 0 Å². The second-order valence-corrected chi connectivity index (χ2v) is 8.37. The molecule has 1 N–H and O–H groups in total. The Morgan fingerprint density at radius 3 is 2.76 bits per heavy atom. The van der Waals surface area contributed by atoms with Gasteiger partial charge in [-0.1, -0.05) is 6.42 Å². The van der Waals surface area contributed by atoms with Gasteiger partial charge in [-0.15, -0.1) is 0 Å². The van der Waals surface area contributed by atoms with Crippen LogP contribution >= 0.6 is 0 Å². The lowest BCUT2D eigenvalue weighted by molar-refractivity contribution is -0.0817. The van der Waals surface area contributed by atoms with Gasteiger partial charge in [0.15, 0.2) is 5.96 Å². The van der Waals surface area contributed by atoms with Gasteiger partial charge in [-0.05, 0) is 63.2 Å². The van der Waals surface area contributed by atoms with Crippen LogP contribution < -0.4 is 5.32 Å². The zero-order chi connectivity index (χ0) is 17.1. The van der Waals surface area contributed by atoms with E-state index in [2.05, 4.69) is 17.1 Å². The first kappa shape index (κ1) is 17.6. The minimum absolute atomic E-state index is 0.200. The molecule has 2 saturated carbocycles. The highest BCUT2D eigenvalue weighted by molar-refractivity contribution is 5.80. The van der Waals surface area contributed by atoms with E-state index in [1.54, 1.807) is 0 Å². The fourth-order valence-corrected chi connectivity index (χ4v) is 5.48. The predicted molar refractivity (Wildman–Crippen MR) is 99.8 cm³/mol. The van der Waals surface area contributed by atoms with Crippen molar-refractivity contribution in [1.29, 1.82) is 0 Å². The molecule has 0 spiro atoms. The molecule has 2 aliphatic carbocycles. The largest absolute Gasteiger partial charge is 0.375 e. The Balaban J connectivity index is 1.31. The van der Waals surface area contributed by atoms with Gasteiger partial charge >= 0.3 is 0 Å². The Morgan fingerprint density at radius 1 is 1.12 bits per heavy atom. The lowest BCUT2D eigenvalue weighted by Crippen LogP contribution is -2.53. The minimum Gasteiger partial charge on any atom is -0.375 e. The summed E-state index contributed by atoms with van der Waals surface area (Å²) in [5, 5.41) is 3.50. The van der Waals surface area contributed by atoms with Crippen LogP contribution in [0.5, 0.6) is 0 Å². The molecule has 4 rings (SSSR count). The van der Waals surface area contributed by atoms with E-state index in [-0.39, 0.29) is 12.2 Å². The average molecular weight is 350 g/mol. The molecule has 2 bridgehead atoms. The maximum atomic E-state index is 5.99. The molecule has 5 heteroatoms. The molecule has 5 unspecified atom stereocenters. The van der Waals surface area contributed by atoms with Crippen LogP contribution in [0.3, 0.4) is 0 Å². The molecule has 0 radical (unpaired) electrons. The summed E-state index contributed by atoms with van der Waals surface area (Å²) in [6.45, 7) is 7.56. The van der Waals surface area contributed by atoms with Crippen molar-refractivity contribution in [3.05, 3.63) is 0 Å². The first-order chi connectivity index (χ1) is 12.3. The highest BCUT2D eigenvalue weighted by atomic mass is 16.5. The minimum atomic E-state index is 0.200. The number of nitrogens with one attached hydrogen (secondary N) is 1. The monoisotopic (exact) mass is 349 g/mol. The molecule has 142 valence electrons. The molecular formula is C20H35N3O2. The summed E-state index contributed by atoms with van der Waals surface area (Å²) in [5.41, 5.74) is 0. The van der Waals surface area contributed by atoms with E-state index in [4.69, 9.17) is 14.5 Å². The van der Waals surface area contributed by atoms with E-state index < -0.39 is 0 Å². The number of hydrogen-bond donors (Lipinski definition) is 1. The number of ether oxygens (including phenoxy) is 2. The van der Waals surface area contributed by atoms with E-state index in [0.29, 0.717) is 0 Å². The average Bonchev–Trinajstić information content (AvgIpc) is 3.39. The topological polar surface area (TPSA) is 46.1 Å². The third-order valence-corrected chi connectivity index (χ3v) is 6.75. The van der Waals surface area contributed by atoms with Crippen molar-refractivity contribution in [3.8, 4) is 0 Å². The molecule has 25 heavy (non-hydrogen) atoms. The molecule has 4 aliphatic rings. The summed E-state index contributed by atoms with van der Waals surface area (Å²) < 4.78 is 11.8. The van der Waals surface area contributed by atoms with Crippen molar-refractivity contribution in [1.82, 2.24) is 10.2 Å². The first-order valence-electron chi connectivity index (χ1n) is 10.6. The van der Waals surface area contributed by atoms with Crippen LogP contribution in [-0.2, 0) is 9.47 Å². The van der Waals surface area contributed by atoms with Crippen LogP contribution in [0.4, 0.5) is 0 Å². The van der Waals surface area contributed by atoms with Crippen molar-refractivity contribution >= 4 is 5.96 Å². The maximum absolute atomic E-state index is 5.99. The molecule has 0 aromatic heterocycles. The standard InChI is InChI=1S/C20H35N3O2/c1-2-21-20(22-8-7-17-13-15-5-6-16(17)12-15)23-9-11-25-19(14-23)18-4-3-10-24-18/h15-19H,2-14H2,1H3,(H,21,22). The van der Waals surface area contributed by atoms with E-state index >= 15 is 0 Å². The Labute approximate surface area is 152 Å². The Hall–Kier alpha value is -0.810. The number of guanidine groups is 1. The van der Waals surface area contributed by atoms with Crippen LogP contribution in [-0.4, -0.2) is 62.5 Å². The third-order valence-electron chi connectivity index (χ3n) is 6.75. The summed E-state index contributed by atoms with van der Waals surface area (Å²) in [4.78, 5) is 7.37. The summed E-state index contributed by atoms with van der Waals surface area (Å²) >= 11 is 0. The van der Waals surface area contributed by atoms with Crippen molar-refractivity contribution < 1.29 is 9.47 Å². The predicted octanol–water partition coefficient (Wildman–Crippen LogP) is 2.66. The van der Waals surface area contributed by atoms with Gasteiger partial charge in [0.1, 0.15) is 6.10 Å². The summed E-state index contributed by atoms with van der Waals surface area (Å²) in [6, 6.07) is 0. The van der Waals surface area contributed by atoms with Gasteiger partial charge in [-0.3, -0.25) is 4.99 Å². The van der Waals surface area contributed by atoms with Gasteiger partial charge in [-0.2, -0.15) is 0 Å². The first-order valence-corrected chi connectivity index (χ1v) is 10.6. The fraction of sp³-hybridized carbons (Fsp3) is 0.950. The Bertz CT molecular complexity index is 464. The van der Waals surface area contributed by atoms with Crippen molar-refractivity contribution in [2.75, 3.05) is 39.4 Å². The number of hydrogen-bond acceptors (Lipinski definition) is 3. The van der Waals surface area contributed by atoms with E-state index in [9.17, 15) is 0 Å². The zero-order valence-electron chi connectivity index (χ0n) is 15.8. The summed E-state index contributed by atoms with van der Waals surface area (Å²) in [5.74, 6) is 4.07. The van der Waals surface area contributed by atoms with E-state index in [0.717, 1.165) is 69.5 Å². The van der Waals surface area contributed by atoms with Gasteiger partial charge in [0, 0.05) is 32.8 Å². The molecule has 2 saturated heterocycles. The Kier molecular flexibility index (Phi) is 5.81. The molecule has 2 heterocycles. The number of rotatable bonds is 5. The lowest BCUT2D eigenvalue weighted by Gasteiger charge is -2.37. The molecule has 2 aliphatic heterocycles. The molecular weight excluding hydrogens is 314 g/mol. The van der Waals surface area contributed by atoms with Gasteiger partial charge < -0.3 is 19.7 Å². The molecule has 5 atom stereocenters. The molecule has 5 nitrogen and oxygen atoms in total. The highest BCUT2D eigenvalue weighted by Crippen LogP contribution is 2.49. The smallest absolute Gasteiger partial charge is 0.194 e. The highest BCUT2D eigenvalue weighted by Gasteiger charge is 2.39. The normalized spacial score (nSPS) is 38.5. The van der Waals surface area contributed by atoms with Gasteiger partial charge in [0.2, 0.25) is 0 Å². The molecule has 0 aromatic rings. The molecule has 0 aromatic carbocycles. The summed E-state index contributed by atoms with van der Waals surface area (Å²) in [6.07, 6.45) is 9.99. The quantitative estimate of drug-likeness (QED) is 0.612. The van der Waals surface area contributed by atoms with Crippen LogP contribution in [0.2, 0.25) is 0 Å². The van der Waals surface area contributed by atoms with Crippen LogP contribution in [0, 0.1) is 17.8 Å². The second-order valence-electron chi connectivity index (χ2n) is 8.37. The van der Waals surface area contributed by atoms with Gasteiger partial charge in [0.25, 0.3) is 0 Å². The van der Waals surface area contributed by atoms with Gasteiger partial charge in [-0.25, -0.2) is 0 Å². The summed E-state index contributed by atoms with van der Waals surface area (Å²) in [7, 11) is 0. The number of aliphatic imine (C=N–C) groups is 1. The number of morpholine rings is 1. The van der Waals surface area contributed by atoms with Crippen molar-refractivity contribution in [3.63, 3.8) is 0 Å². The molecule has 4 fully saturated rings. The van der Waals surface area contributed by atoms with Gasteiger partial charge in [0.05, 0.1) is 12.7 Å². The van der Waals surface area contributed by atoms with Crippen LogP contribution in [0.1, 0.15) is 51.9 Å². The number of nitrogens with zero attached hydrogens (tertiary/aromatic N) is 2. The second kappa shape index (κ2) is 8.26.